The van der Waals surface area contributed by atoms with Crippen molar-refractivity contribution in [3.8, 4) is 0 Å². The summed E-state index contributed by atoms with van der Waals surface area (Å²) in [5.74, 6) is -0.00828. The summed E-state index contributed by atoms with van der Waals surface area (Å²) >= 11 is 0. The number of rotatable bonds is 3. The molecule has 4 rings (SSSR count). The summed E-state index contributed by atoms with van der Waals surface area (Å²) in [6.45, 7) is 0.535. The van der Waals surface area contributed by atoms with E-state index in [1.807, 2.05) is 59.5 Å². The first kappa shape index (κ1) is 14.8. The molecule has 0 spiro atoms. The highest BCUT2D eigenvalue weighted by Crippen LogP contribution is 2.40. The molecule has 1 N–H and O–H groups in total. The largest absolute Gasteiger partial charge is 0.334 e. The van der Waals surface area contributed by atoms with Crippen LogP contribution in [0.2, 0.25) is 0 Å². The van der Waals surface area contributed by atoms with Gasteiger partial charge in [-0.2, -0.15) is 0 Å². The van der Waals surface area contributed by atoms with Crippen molar-refractivity contribution in [1.29, 1.82) is 0 Å². The van der Waals surface area contributed by atoms with E-state index in [1.165, 1.54) is 0 Å². The molecule has 1 aliphatic heterocycles. The van der Waals surface area contributed by atoms with Crippen LogP contribution < -0.4 is 15.1 Å². The van der Waals surface area contributed by atoms with Gasteiger partial charge >= 0.3 is 6.03 Å². The molecule has 1 aliphatic carbocycles. The maximum absolute atomic E-state index is 12.6. The van der Waals surface area contributed by atoms with Gasteiger partial charge in [0.1, 0.15) is 6.54 Å². The number of carbonyl (C=O) groups is 2. The van der Waals surface area contributed by atoms with Crippen LogP contribution in [-0.2, 0) is 11.3 Å². The highest BCUT2D eigenvalue weighted by Gasteiger charge is 2.40. The molecule has 0 radical (unpaired) electrons. The van der Waals surface area contributed by atoms with E-state index in [-0.39, 0.29) is 18.5 Å². The van der Waals surface area contributed by atoms with Gasteiger partial charge < -0.3 is 10.2 Å². The van der Waals surface area contributed by atoms with Crippen molar-refractivity contribution in [2.75, 3.05) is 16.3 Å². The molecule has 0 atom stereocenters. The predicted octanol–water partition coefficient (Wildman–Crippen LogP) is 2.91. The number of urea groups is 1. The number of para-hydroxylation sites is 2. The van der Waals surface area contributed by atoms with Crippen molar-refractivity contribution in [1.82, 2.24) is 5.32 Å². The Labute approximate surface area is 140 Å². The SMILES string of the molecule is O=C(NCc1ccccc1)N1CC(=O)N(C2CC2)c2ccccc21. The highest BCUT2D eigenvalue weighted by atomic mass is 16.2. The van der Waals surface area contributed by atoms with Crippen molar-refractivity contribution in [2.24, 2.45) is 0 Å². The highest BCUT2D eigenvalue weighted by molar-refractivity contribution is 6.11. The van der Waals surface area contributed by atoms with Crippen molar-refractivity contribution in [3.05, 3.63) is 60.2 Å². The maximum atomic E-state index is 12.6. The van der Waals surface area contributed by atoms with Crippen LogP contribution in [0.3, 0.4) is 0 Å². The lowest BCUT2D eigenvalue weighted by Gasteiger charge is -2.36. The number of hydrogen-bond acceptors (Lipinski definition) is 2. The molecule has 5 heteroatoms. The van der Waals surface area contributed by atoms with Gasteiger partial charge in [0.15, 0.2) is 0 Å². The predicted molar refractivity (Wildman–Crippen MR) is 93.0 cm³/mol. The van der Waals surface area contributed by atoms with E-state index in [2.05, 4.69) is 5.32 Å². The molecule has 2 aliphatic rings. The Bertz CT molecular complexity index is 771. The maximum Gasteiger partial charge on any atom is 0.322 e. The van der Waals surface area contributed by atoms with Gasteiger partial charge in [-0.3, -0.25) is 9.69 Å². The number of nitrogens with zero attached hydrogens (tertiary/aromatic N) is 2. The Hall–Kier alpha value is -2.82. The molecular formula is C19H19N3O2. The zero-order valence-corrected chi connectivity index (χ0v) is 13.3. The molecule has 2 aromatic rings. The Morgan fingerprint density at radius 2 is 1.67 bits per heavy atom. The average molecular weight is 321 g/mol. The second-order valence-corrected chi connectivity index (χ2v) is 6.21. The van der Waals surface area contributed by atoms with E-state index < -0.39 is 0 Å². The lowest BCUT2D eigenvalue weighted by Crippen LogP contribution is -2.51. The number of carbonyl (C=O) groups excluding carboxylic acids is 2. The summed E-state index contributed by atoms with van der Waals surface area (Å²) in [4.78, 5) is 28.5. The Kier molecular flexibility index (Phi) is 3.69. The monoisotopic (exact) mass is 321 g/mol. The molecule has 1 fully saturated rings. The lowest BCUT2D eigenvalue weighted by molar-refractivity contribution is -0.117. The number of hydrogen-bond donors (Lipinski definition) is 1. The molecule has 0 saturated heterocycles. The number of benzene rings is 2. The van der Waals surface area contributed by atoms with Crippen LogP contribution in [0, 0.1) is 0 Å². The number of nitrogens with one attached hydrogen (secondary N) is 1. The molecule has 1 saturated carbocycles. The third-order valence-electron chi connectivity index (χ3n) is 4.44. The van der Waals surface area contributed by atoms with E-state index in [4.69, 9.17) is 0 Å². The summed E-state index contributed by atoms with van der Waals surface area (Å²) < 4.78 is 0. The minimum absolute atomic E-state index is 0.00828. The Morgan fingerprint density at radius 3 is 2.38 bits per heavy atom. The molecule has 122 valence electrons. The second-order valence-electron chi connectivity index (χ2n) is 6.21. The Balaban J connectivity index is 1.55. The van der Waals surface area contributed by atoms with Gasteiger partial charge in [-0.25, -0.2) is 4.79 Å². The molecule has 0 aromatic heterocycles. The summed E-state index contributed by atoms with van der Waals surface area (Å²) in [6, 6.07) is 17.4. The number of fused-ring (bicyclic) bond motifs is 1. The smallest absolute Gasteiger partial charge is 0.322 e. The molecule has 24 heavy (non-hydrogen) atoms. The Morgan fingerprint density at radius 1 is 1.00 bits per heavy atom. The molecule has 0 bridgehead atoms. The zero-order chi connectivity index (χ0) is 16.5. The average Bonchev–Trinajstić information content (AvgIpc) is 3.44. The van der Waals surface area contributed by atoms with E-state index >= 15 is 0 Å². The van der Waals surface area contributed by atoms with Gasteiger partial charge in [0.2, 0.25) is 5.91 Å². The fourth-order valence-corrected chi connectivity index (χ4v) is 3.11. The third kappa shape index (κ3) is 2.73. The number of anilines is 2. The molecule has 0 unspecified atom stereocenters. The summed E-state index contributed by atoms with van der Waals surface area (Å²) in [7, 11) is 0. The van der Waals surface area contributed by atoms with E-state index in [1.54, 1.807) is 4.90 Å². The first-order chi connectivity index (χ1) is 11.7. The van der Waals surface area contributed by atoms with Crippen LogP contribution in [0.25, 0.3) is 0 Å². The third-order valence-corrected chi connectivity index (χ3v) is 4.44. The molecule has 5 nitrogen and oxygen atoms in total. The van der Waals surface area contributed by atoms with Crippen LogP contribution in [-0.4, -0.2) is 24.5 Å². The minimum Gasteiger partial charge on any atom is -0.334 e. The normalized spacial score (nSPS) is 16.8. The number of amides is 3. The van der Waals surface area contributed by atoms with Gasteiger partial charge in [0.05, 0.1) is 11.4 Å². The van der Waals surface area contributed by atoms with E-state index in [0.717, 1.165) is 29.8 Å². The quantitative estimate of drug-likeness (QED) is 0.945. The van der Waals surface area contributed by atoms with E-state index in [9.17, 15) is 9.59 Å². The van der Waals surface area contributed by atoms with E-state index in [0.29, 0.717) is 12.6 Å². The summed E-state index contributed by atoms with van der Waals surface area (Å²) in [6.07, 6.45) is 2.08. The summed E-state index contributed by atoms with van der Waals surface area (Å²) in [5.41, 5.74) is 2.67. The van der Waals surface area contributed by atoms with Crippen molar-refractivity contribution < 1.29 is 9.59 Å². The zero-order valence-electron chi connectivity index (χ0n) is 13.3. The second kappa shape index (κ2) is 6.00. The molecule has 3 amide bonds. The fraction of sp³-hybridized carbons (Fsp3) is 0.263. The van der Waals surface area contributed by atoms with Gasteiger partial charge in [-0.15, -0.1) is 0 Å². The van der Waals surface area contributed by atoms with Gasteiger partial charge in [-0.05, 0) is 30.5 Å². The minimum atomic E-state index is -0.241. The fourth-order valence-electron chi connectivity index (χ4n) is 3.11. The van der Waals surface area contributed by atoms with Gasteiger partial charge in [0, 0.05) is 12.6 Å². The first-order valence-electron chi connectivity index (χ1n) is 8.24. The van der Waals surface area contributed by atoms with Crippen LogP contribution in [0.1, 0.15) is 18.4 Å². The molecule has 2 aromatic carbocycles. The lowest BCUT2D eigenvalue weighted by atomic mass is 10.1. The molecule has 1 heterocycles. The topological polar surface area (TPSA) is 52.7 Å². The first-order valence-corrected chi connectivity index (χ1v) is 8.24. The molecular weight excluding hydrogens is 302 g/mol. The van der Waals surface area contributed by atoms with Crippen LogP contribution in [0.15, 0.2) is 54.6 Å². The van der Waals surface area contributed by atoms with Crippen molar-refractivity contribution >= 4 is 23.3 Å². The summed E-state index contributed by atoms with van der Waals surface area (Å²) in [5, 5.41) is 2.91. The van der Waals surface area contributed by atoms with Crippen LogP contribution in [0.4, 0.5) is 16.2 Å². The van der Waals surface area contributed by atoms with Gasteiger partial charge in [0.25, 0.3) is 0 Å². The van der Waals surface area contributed by atoms with Gasteiger partial charge in [-0.1, -0.05) is 42.5 Å². The standard InChI is InChI=1S/C19H19N3O2/c23-18-13-21(19(24)20-12-14-6-2-1-3-7-14)16-8-4-5-9-17(16)22(18)15-10-11-15/h1-9,15H,10-13H2,(H,20,24). The van der Waals surface area contributed by atoms with Crippen LogP contribution in [0.5, 0.6) is 0 Å². The van der Waals surface area contributed by atoms with Crippen LogP contribution >= 0.6 is 0 Å². The van der Waals surface area contributed by atoms with Crippen molar-refractivity contribution in [2.45, 2.75) is 25.4 Å². The van der Waals surface area contributed by atoms with Crippen molar-refractivity contribution in [3.63, 3.8) is 0 Å².